The van der Waals surface area contributed by atoms with Crippen LogP contribution in [0.25, 0.3) is 49.7 Å². The van der Waals surface area contributed by atoms with Crippen molar-refractivity contribution in [3.8, 4) is 27.9 Å². The molecule has 0 aliphatic rings. The van der Waals surface area contributed by atoms with Gasteiger partial charge in [0.2, 0.25) is 0 Å². The molecule has 1 heterocycles. The molecule has 0 bridgehead atoms. The van der Waals surface area contributed by atoms with Crippen molar-refractivity contribution in [1.29, 1.82) is 0 Å². The summed E-state index contributed by atoms with van der Waals surface area (Å²) in [4.78, 5) is 0. The Morgan fingerprint density at radius 3 is 2.17 bits per heavy atom. The highest BCUT2D eigenvalue weighted by Gasteiger charge is 2.26. The Labute approximate surface area is 226 Å². The highest BCUT2D eigenvalue weighted by molar-refractivity contribution is 6.14. The number of rotatable bonds is 3. The van der Waals surface area contributed by atoms with Gasteiger partial charge in [-0.2, -0.15) is 0 Å². The molecule has 0 radical (unpaired) electrons. The van der Waals surface area contributed by atoms with Crippen LogP contribution in [0.15, 0.2) is 115 Å². The molecule has 1 aromatic heterocycles. The van der Waals surface area contributed by atoms with Crippen LogP contribution < -0.4 is 0 Å². The maximum Gasteiger partial charge on any atom is 0.0632 e. The predicted molar refractivity (Wildman–Crippen MR) is 155 cm³/mol. The number of benzene rings is 5. The molecule has 5 aromatic carbocycles. The van der Waals surface area contributed by atoms with Crippen molar-refractivity contribution in [2.24, 2.45) is 0 Å². The first-order valence-corrected chi connectivity index (χ1v) is 12.0. The van der Waals surface area contributed by atoms with Gasteiger partial charge in [0.05, 0.1) is 29.1 Å². The Balaban J connectivity index is 1.84. The number of aromatic nitrogens is 1. The number of nitrogens with zero attached hydrogens (tertiary/aromatic N) is 1. The predicted octanol–water partition coefficient (Wildman–Crippen LogP) is 9.72. The van der Waals surface area contributed by atoms with Crippen LogP contribution in [0, 0.1) is 6.92 Å². The van der Waals surface area contributed by atoms with Gasteiger partial charge in [-0.1, -0.05) is 129 Å². The molecule has 36 heavy (non-hydrogen) atoms. The molecule has 1 nitrogen and oxygen atoms in total. The second kappa shape index (κ2) is 8.53. The highest BCUT2D eigenvalue weighted by atomic mass is 15.0. The maximum absolute atomic E-state index is 8.95. The number of fused-ring (bicyclic) bond motifs is 3. The smallest absolute Gasteiger partial charge is 0.0632 e. The van der Waals surface area contributed by atoms with E-state index >= 15 is 0 Å². The minimum absolute atomic E-state index is 0.0330. The molecule has 176 valence electrons. The molecule has 0 spiro atoms. The third-order valence-electron chi connectivity index (χ3n) is 6.52. The van der Waals surface area contributed by atoms with Gasteiger partial charge in [-0.15, -0.1) is 0 Å². The van der Waals surface area contributed by atoms with E-state index in [1.165, 1.54) is 0 Å². The van der Waals surface area contributed by atoms with E-state index in [1.54, 1.807) is 13.0 Å². The van der Waals surface area contributed by atoms with Crippen molar-refractivity contribution in [2.45, 2.75) is 33.1 Å². The fourth-order valence-corrected chi connectivity index (χ4v) is 5.15. The fraction of sp³-hybridized carbons (Fsp3) is 0.143. The molecular weight excluding hydrogens is 434 g/mol. The van der Waals surface area contributed by atoms with Gasteiger partial charge < -0.3 is 4.57 Å². The van der Waals surface area contributed by atoms with Crippen molar-refractivity contribution < 1.29 is 12.3 Å². The van der Waals surface area contributed by atoms with Crippen LogP contribution in [0.3, 0.4) is 0 Å². The lowest BCUT2D eigenvalue weighted by atomic mass is 9.80. The summed E-state index contributed by atoms with van der Waals surface area (Å²) in [5.74, 6) is 0. The zero-order valence-electron chi connectivity index (χ0n) is 29.7. The molecule has 6 rings (SSSR count). The average molecular weight is 475 g/mol. The SMILES string of the molecule is [2H]c1c([2H])c([2H])c(-c2cccc3c4ccccc4n(-c4cccc(-c5c([2H])c([2H])c([2H])c(C)c5[2H])c4C(C)(C)C)c23)c([2H])c1[2H]. The van der Waals surface area contributed by atoms with Gasteiger partial charge >= 0.3 is 0 Å². The molecule has 0 fully saturated rings. The highest BCUT2D eigenvalue weighted by Crippen LogP contribution is 2.43. The summed E-state index contributed by atoms with van der Waals surface area (Å²) in [6.07, 6.45) is 0. The minimum atomic E-state index is -0.538. The Morgan fingerprint density at radius 2 is 1.36 bits per heavy atom. The second-order valence-electron chi connectivity index (χ2n) is 10.0. The van der Waals surface area contributed by atoms with Crippen LogP contribution in [-0.4, -0.2) is 4.57 Å². The van der Waals surface area contributed by atoms with Crippen LogP contribution in [0.4, 0.5) is 0 Å². The van der Waals surface area contributed by atoms with Crippen LogP contribution in [0.1, 0.15) is 44.2 Å². The topological polar surface area (TPSA) is 4.93 Å². The molecule has 0 aliphatic heterocycles. The Hall–Kier alpha value is -4.10. The van der Waals surface area contributed by atoms with Gasteiger partial charge in [0.1, 0.15) is 0 Å². The van der Waals surface area contributed by atoms with E-state index in [-0.39, 0.29) is 47.4 Å². The standard InChI is InChI=1S/C35H31N/c1-24-13-10-16-26(23-24)27-18-12-22-32(33(27)35(2,3)4)36-31-21-9-8-17-29(31)30-20-11-19-28(34(30)36)25-14-6-5-7-15-25/h5-23H,1-4H3/i5D,6D,7D,10D,13D,14D,15D,16D,23D. The van der Waals surface area contributed by atoms with Crippen molar-refractivity contribution in [3.05, 3.63) is 126 Å². The fourth-order valence-electron chi connectivity index (χ4n) is 5.15. The zero-order valence-corrected chi connectivity index (χ0v) is 20.7. The maximum atomic E-state index is 8.95. The summed E-state index contributed by atoms with van der Waals surface area (Å²) in [5.41, 5.74) is 4.32. The van der Waals surface area contributed by atoms with Crippen molar-refractivity contribution in [3.63, 3.8) is 0 Å². The van der Waals surface area contributed by atoms with E-state index in [2.05, 4.69) is 0 Å². The van der Waals surface area contributed by atoms with Crippen LogP contribution >= 0.6 is 0 Å². The van der Waals surface area contributed by atoms with E-state index in [4.69, 9.17) is 12.3 Å². The number of hydrogen-bond acceptors (Lipinski definition) is 0. The van der Waals surface area contributed by atoms with Gasteiger partial charge in [-0.3, -0.25) is 0 Å². The molecule has 0 atom stereocenters. The normalized spacial score (nSPS) is 15.4. The lowest BCUT2D eigenvalue weighted by Crippen LogP contribution is -2.17. The van der Waals surface area contributed by atoms with Crippen LogP contribution in [0.2, 0.25) is 0 Å². The van der Waals surface area contributed by atoms with Crippen molar-refractivity contribution >= 4 is 21.8 Å². The summed E-state index contributed by atoms with van der Waals surface area (Å²) in [6.45, 7) is 7.76. The molecule has 0 saturated carbocycles. The van der Waals surface area contributed by atoms with Gasteiger partial charge in [-0.25, -0.2) is 0 Å². The molecule has 0 unspecified atom stereocenters. The first-order chi connectivity index (χ1) is 21.2. The van der Waals surface area contributed by atoms with Gasteiger partial charge in [0, 0.05) is 16.3 Å². The molecule has 1 heteroatoms. The molecule has 0 amide bonds. The minimum Gasteiger partial charge on any atom is -0.308 e. The molecule has 0 aliphatic carbocycles. The Morgan fingerprint density at radius 1 is 0.667 bits per heavy atom. The third-order valence-corrected chi connectivity index (χ3v) is 6.52. The number of para-hydroxylation sites is 2. The summed E-state index contributed by atoms with van der Waals surface area (Å²) in [5, 5.41) is 1.75. The third kappa shape index (κ3) is 3.63. The Bertz CT molecular complexity index is 2150. The first-order valence-electron chi connectivity index (χ1n) is 16.5. The summed E-state index contributed by atoms with van der Waals surface area (Å²) in [7, 11) is 0. The Kier molecular flexibility index (Phi) is 3.43. The van der Waals surface area contributed by atoms with Crippen LogP contribution in [0.5, 0.6) is 0 Å². The van der Waals surface area contributed by atoms with E-state index < -0.39 is 23.5 Å². The van der Waals surface area contributed by atoms with Gasteiger partial charge in [0.25, 0.3) is 0 Å². The quantitative estimate of drug-likeness (QED) is 0.240. The molecule has 6 aromatic rings. The summed E-state index contributed by atoms with van der Waals surface area (Å²) in [6, 6.07) is 16.7. The van der Waals surface area contributed by atoms with Crippen molar-refractivity contribution in [2.75, 3.05) is 0 Å². The lowest BCUT2D eigenvalue weighted by molar-refractivity contribution is 0.589. The largest absolute Gasteiger partial charge is 0.308 e. The van der Waals surface area contributed by atoms with E-state index in [0.717, 1.165) is 27.5 Å². The lowest BCUT2D eigenvalue weighted by Gasteiger charge is -2.28. The zero-order chi connectivity index (χ0) is 32.7. The average Bonchev–Trinajstić information content (AvgIpc) is 3.35. The number of hydrogen-bond donors (Lipinski definition) is 0. The first kappa shape index (κ1) is 14.5. The van der Waals surface area contributed by atoms with Crippen molar-refractivity contribution in [1.82, 2.24) is 4.57 Å². The van der Waals surface area contributed by atoms with E-state index in [0.29, 0.717) is 22.2 Å². The second-order valence-corrected chi connectivity index (χ2v) is 10.0. The van der Waals surface area contributed by atoms with Crippen LogP contribution in [-0.2, 0) is 5.41 Å². The van der Waals surface area contributed by atoms with E-state index in [9.17, 15) is 0 Å². The molecule has 0 N–H and O–H groups in total. The molecule has 0 saturated heterocycles. The monoisotopic (exact) mass is 474 g/mol. The van der Waals surface area contributed by atoms with E-state index in [1.807, 2.05) is 79.9 Å². The summed E-state index contributed by atoms with van der Waals surface area (Å²) >= 11 is 0. The van der Waals surface area contributed by atoms with Gasteiger partial charge in [0.15, 0.2) is 0 Å². The summed E-state index contributed by atoms with van der Waals surface area (Å²) < 4.78 is 79.1. The van der Waals surface area contributed by atoms with Gasteiger partial charge in [-0.05, 0) is 46.7 Å². The molecular formula is C35H31N.